The Labute approximate surface area is 361 Å². The summed E-state index contributed by atoms with van der Waals surface area (Å²) in [5, 5.41) is 8.02. The van der Waals surface area contributed by atoms with Gasteiger partial charge < -0.3 is 38.5 Å². The van der Waals surface area contributed by atoms with Crippen molar-refractivity contribution in [2.75, 3.05) is 47.1 Å². The van der Waals surface area contributed by atoms with Crippen molar-refractivity contribution in [2.24, 2.45) is 11.3 Å². The predicted molar refractivity (Wildman–Crippen MR) is 232 cm³/mol. The lowest BCUT2D eigenvalue weighted by Crippen LogP contribution is -2.66. The number of hydrogen-bond acceptors (Lipinski definition) is 12. The van der Waals surface area contributed by atoms with Crippen molar-refractivity contribution in [1.82, 2.24) is 35.2 Å². The highest BCUT2D eigenvalue weighted by Gasteiger charge is 2.42. The summed E-state index contributed by atoms with van der Waals surface area (Å²) in [6, 6.07) is 9.38. The zero-order valence-corrected chi connectivity index (χ0v) is 37.3. The van der Waals surface area contributed by atoms with Gasteiger partial charge >= 0.3 is 6.09 Å². The number of aromatic nitrogens is 3. The summed E-state index contributed by atoms with van der Waals surface area (Å²) < 4.78 is 25.6. The van der Waals surface area contributed by atoms with Crippen LogP contribution < -0.4 is 10.7 Å². The number of thiazole rings is 1. The van der Waals surface area contributed by atoms with Crippen LogP contribution in [0.4, 0.5) is 4.79 Å². The van der Waals surface area contributed by atoms with Gasteiger partial charge in [-0.1, -0.05) is 33.8 Å². The molecule has 4 atom stereocenters. The number of fused-ring (bicyclic) bond motifs is 6. The fourth-order valence-electron chi connectivity index (χ4n) is 8.58. The molecule has 3 aromatic heterocycles. The molecule has 0 radical (unpaired) electrons. The Morgan fingerprint density at radius 2 is 1.93 bits per heavy atom. The third kappa shape index (κ3) is 9.24. The number of carbonyl (C=O) groups is 4. The number of ether oxygens (including phenoxy) is 4. The van der Waals surface area contributed by atoms with Crippen LogP contribution in [0.5, 0.6) is 0 Å². The molecule has 3 amide bonds. The van der Waals surface area contributed by atoms with E-state index in [1.807, 2.05) is 18.4 Å². The van der Waals surface area contributed by atoms with Crippen molar-refractivity contribution in [3.8, 4) is 22.5 Å². The van der Waals surface area contributed by atoms with E-state index >= 15 is 0 Å². The van der Waals surface area contributed by atoms with Crippen LogP contribution in [-0.2, 0) is 52.7 Å². The predicted octanol–water partition coefficient (Wildman–Crippen LogP) is 5.74. The molecule has 2 fully saturated rings. The fourth-order valence-corrected chi connectivity index (χ4v) is 9.43. The molecule has 2 N–H and O–H groups in total. The molecule has 0 spiro atoms. The molecule has 1 aromatic carbocycles. The van der Waals surface area contributed by atoms with Crippen molar-refractivity contribution in [2.45, 2.75) is 104 Å². The molecule has 15 nitrogen and oxygen atoms in total. The van der Waals surface area contributed by atoms with Gasteiger partial charge in [-0.15, -0.1) is 11.3 Å². The smallest absolute Gasteiger partial charge is 0.410 e. The van der Waals surface area contributed by atoms with Crippen LogP contribution in [0.25, 0.3) is 33.4 Å². The molecule has 61 heavy (non-hydrogen) atoms. The number of aryl methyl sites for hydroxylation is 1. The average molecular weight is 858 g/mol. The first-order valence-electron chi connectivity index (χ1n) is 21.2. The Morgan fingerprint density at radius 1 is 1.15 bits per heavy atom. The molecule has 2 saturated heterocycles. The Kier molecular flexibility index (Phi) is 13.3. The van der Waals surface area contributed by atoms with Gasteiger partial charge in [0.05, 0.1) is 60.6 Å². The highest BCUT2D eigenvalue weighted by atomic mass is 32.1. The van der Waals surface area contributed by atoms with Gasteiger partial charge in [-0.25, -0.2) is 15.2 Å². The van der Waals surface area contributed by atoms with Gasteiger partial charge in [-0.3, -0.25) is 19.6 Å². The molecule has 0 saturated carbocycles. The topological polar surface area (TPSA) is 166 Å². The van der Waals surface area contributed by atoms with E-state index in [-0.39, 0.29) is 25.2 Å². The second kappa shape index (κ2) is 18.3. The first kappa shape index (κ1) is 44.3. The van der Waals surface area contributed by atoms with Crippen molar-refractivity contribution in [3.05, 3.63) is 58.2 Å². The minimum absolute atomic E-state index is 0.0359. The van der Waals surface area contributed by atoms with E-state index in [4.69, 9.17) is 28.9 Å². The number of methoxy groups -OCH3 is 2. The maximum absolute atomic E-state index is 14.5. The third-order valence-electron chi connectivity index (χ3n) is 12.1. The maximum Gasteiger partial charge on any atom is 0.410 e. The number of likely N-dealkylation sites (tertiary alicyclic amines) is 1. The summed E-state index contributed by atoms with van der Waals surface area (Å²) in [7, 11) is 3.28. The number of hydrogen-bond donors (Lipinski definition) is 2. The zero-order valence-electron chi connectivity index (χ0n) is 36.5. The van der Waals surface area contributed by atoms with Crippen LogP contribution in [0, 0.1) is 11.3 Å². The molecule has 6 bridgehead atoms. The van der Waals surface area contributed by atoms with Gasteiger partial charge in [0, 0.05) is 67.3 Å². The zero-order chi connectivity index (χ0) is 43.6. The number of rotatable bonds is 10. The average Bonchev–Trinajstić information content (AvgIpc) is 3.82. The number of nitrogens with one attached hydrogen (secondary N) is 2. The van der Waals surface area contributed by atoms with Crippen LogP contribution in [-0.4, -0.2) is 119 Å². The molecule has 3 aliphatic heterocycles. The van der Waals surface area contributed by atoms with Crippen molar-refractivity contribution in [3.63, 3.8) is 0 Å². The van der Waals surface area contributed by atoms with Crippen molar-refractivity contribution in [1.29, 1.82) is 0 Å². The molecular formula is C45H59N7O8S. The van der Waals surface area contributed by atoms with Crippen LogP contribution in [0.1, 0.15) is 76.8 Å². The summed E-state index contributed by atoms with van der Waals surface area (Å²) >= 11 is 1.40. The Balaban J connectivity index is 1.29. The molecule has 3 aliphatic rings. The lowest BCUT2D eigenvalue weighted by atomic mass is 9.84. The summed E-state index contributed by atoms with van der Waals surface area (Å²) in [6.07, 6.45) is 2.23. The number of carbonyl (C=O) groups excluding carboxylic acids is 4. The first-order valence-corrected chi connectivity index (χ1v) is 22.1. The Morgan fingerprint density at radius 3 is 2.64 bits per heavy atom. The molecule has 328 valence electrons. The highest BCUT2D eigenvalue weighted by molar-refractivity contribution is 7.10. The lowest BCUT2D eigenvalue weighted by Gasteiger charge is -2.42. The van der Waals surface area contributed by atoms with Crippen molar-refractivity contribution < 1.29 is 38.1 Å². The van der Waals surface area contributed by atoms with Gasteiger partial charge in [-0.2, -0.15) is 0 Å². The maximum atomic E-state index is 14.5. The normalized spacial score (nSPS) is 22.0. The van der Waals surface area contributed by atoms with E-state index < -0.39 is 46.9 Å². The quantitative estimate of drug-likeness (QED) is 0.187. The van der Waals surface area contributed by atoms with E-state index in [2.05, 4.69) is 60.3 Å². The van der Waals surface area contributed by atoms with Gasteiger partial charge in [0.1, 0.15) is 17.9 Å². The molecule has 0 unspecified atom stereocenters. The van der Waals surface area contributed by atoms with Gasteiger partial charge in [-0.05, 0) is 74.3 Å². The van der Waals surface area contributed by atoms with Gasteiger partial charge in [0.2, 0.25) is 0 Å². The van der Waals surface area contributed by atoms with Crippen LogP contribution in [0.15, 0.2) is 41.9 Å². The van der Waals surface area contributed by atoms with E-state index in [1.165, 1.54) is 21.2 Å². The SMILES string of the molecule is CCn1c(-c2cccnc2[C@H](C)OC)c2c3cc(ccc31)-c1csc(n1)C[C@H](NC(=O)[C@@H](OC(=O)N1CC(OC)C1)C(C)C)C(=O)N1CCC[C@](C=O)(COCC(C)(C)C2)N1. The minimum atomic E-state index is -1.18. The van der Waals surface area contributed by atoms with E-state index in [0.717, 1.165) is 51.0 Å². The van der Waals surface area contributed by atoms with Crippen LogP contribution in [0.2, 0.25) is 0 Å². The monoisotopic (exact) mass is 857 g/mol. The van der Waals surface area contributed by atoms with Gasteiger partial charge in [0.15, 0.2) is 6.10 Å². The number of amides is 3. The fraction of sp³-hybridized carbons (Fsp3) is 0.556. The Hall–Kier alpha value is -4.74. The summed E-state index contributed by atoms with van der Waals surface area (Å²) in [5.74, 6) is -1.42. The van der Waals surface area contributed by atoms with E-state index in [9.17, 15) is 19.2 Å². The standard InChI is InChI=1S/C45H59N7O8S/c1-9-51-36-14-13-29-18-32(36)33(39(51)31-12-10-16-46-38(31)28(4)57-7)20-44(5,6)25-59-26-45(24-53)15-11-17-52(49-45)42(55)34(19-37-47-35(29)23-61-37)48-41(54)40(27(2)3)60-43(56)50-21-30(22-50)58-8/h10,12-14,16,18,23-24,27-28,30,34,40,49H,9,11,15,17,19-22,25-26H2,1-8H3,(H,48,54)/t28-,34-,40-,45-/m0/s1. The number of hydrazine groups is 1. The summed E-state index contributed by atoms with van der Waals surface area (Å²) in [4.78, 5) is 65.9. The summed E-state index contributed by atoms with van der Waals surface area (Å²) in [5.41, 5.74) is 8.43. The van der Waals surface area contributed by atoms with Gasteiger partial charge in [0.25, 0.3) is 11.8 Å². The number of aldehydes is 1. The summed E-state index contributed by atoms with van der Waals surface area (Å²) in [6.45, 7) is 14.2. The first-order chi connectivity index (χ1) is 29.2. The molecule has 7 rings (SSSR count). The highest BCUT2D eigenvalue weighted by Crippen LogP contribution is 2.42. The largest absolute Gasteiger partial charge is 0.436 e. The number of pyridine rings is 1. The van der Waals surface area contributed by atoms with E-state index in [0.29, 0.717) is 57.1 Å². The van der Waals surface area contributed by atoms with Crippen molar-refractivity contribution >= 4 is 46.4 Å². The molecule has 4 aromatic rings. The van der Waals surface area contributed by atoms with E-state index in [1.54, 1.807) is 34.3 Å². The van der Waals surface area contributed by atoms with Crippen LogP contribution >= 0.6 is 11.3 Å². The Bertz CT molecular complexity index is 2250. The lowest BCUT2D eigenvalue weighted by molar-refractivity contribution is -0.148. The number of benzene rings is 1. The second-order valence-electron chi connectivity index (χ2n) is 17.6. The number of nitrogens with zero attached hydrogens (tertiary/aromatic N) is 5. The third-order valence-corrected chi connectivity index (χ3v) is 12.9. The second-order valence-corrected chi connectivity index (χ2v) is 18.6. The minimum Gasteiger partial charge on any atom is -0.436 e. The van der Waals surface area contributed by atoms with Crippen LogP contribution in [0.3, 0.4) is 0 Å². The molecule has 6 heterocycles. The molecular weight excluding hydrogens is 799 g/mol. The molecule has 16 heteroatoms. The molecule has 0 aliphatic carbocycles.